The number of methoxy groups -OCH3 is 1. The van der Waals surface area contributed by atoms with Crippen molar-refractivity contribution in [1.82, 2.24) is 15.5 Å². The Balaban J connectivity index is 1.17. The third-order valence-corrected chi connectivity index (χ3v) is 5.89. The average Bonchev–Trinajstić information content (AvgIpc) is 2.73. The number of amides is 3. The van der Waals surface area contributed by atoms with E-state index in [0.29, 0.717) is 17.8 Å². The number of urea groups is 1. The summed E-state index contributed by atoms with van der Waals surface area (Å²) < 4.78 is 5.13. The van der Waals surface area contributed by atoms with E-state index in [4.69, 9.17) is 11.3 Å². The highest BCUT2D eigenvalue weighted by Gasteiger charge is 2.54. The van der Waals surface area contributed by atoms with Crippen LogP contribution in [0, 0.1) is 12.0 Å². The van der Waals surface area contributed by atoms with E-state index in [1.54, 1.807) is 31.4 Å². The van der Waals surface area contributed by atoms with Crippen molar-refractivity contribution in [3.63, 3.8) is 0 Å². The second-order valence-corrected chi connectivity index (χ2v) is 8.10. The van der Waals surface area contributed by atoms with Crippen molar-refractivity contribution in [3.8, 4) is 5.75 Å². The summed E-state index contributed by atoms with van der Waals surface area (Å²) in [6, 6.07) is 14.3. The molecule has 4 rings (SSSR count). The lowest BCUT2D eigenvalue weighted by Gasteiger charge is -2.59. The molecule has 2 aromatic carbocycles. The van der Waals surface area contributed by atoms with Gasteiger partial charge in [0.15, 0.2) is 5.69 Å². The molecule has 3 amide bonds. The Morgan fingerprint density at radius 3 is 2.40 bits per heavy atom. The van der Waals surface area contributed by atoms with Crippen molar-refractivity contribution in [3.05, 3.63) is 71.1 Å². The highest BCUT2D eigenvalue weighted by Crippen LogP contribution is 2.48. The van der Waals surface area contributed by atoms with E-state index < -0.39 is 0 Å². The van der Waals surface area contributed by atoms with Gasteiger partial charge in [-0.05, 0) is 30.5 Å². The van der Waals surface area contributed by atoms with Crippen LogP contribution in [-0.4, -0.2) is 43.1 Å². The SMILES string of the molecule is [C-]#[N+]c1ccc(C(=O)N2CC3(CC(NC(=O)NCc4ccc(OC)cc4)C3)C2)cc1. The van der Waals surface area contributed by atoms with Crippen LogP contribution in [0.25, 0.3) is 4.85 Å². The molecule has 1 saturated heterocycles. The van der Waals surface area contributed by atoms with E-state index in [1.807, 2.05) is 29.2 Å². The Morgan fingerprint density at radius 2 is 1.80 bits per heavy atom. The molecule has 7 heteroatoms. The number of nitrogens with zero attached hydrogens (tertiary/aromatic N) is 2. The first-order valence-electron chi connectivity index (χ1n) is 9.94. The summed E-state index contributed by atoms with van der Waals surface area (Å²) in [5, 5.41) is 5.89. The van der Waals surface area contributed by atoms with E-state index in [1.165, 1.54) is 0 Å². The molecule has 1 aliphatic carbocycles. The molecule has 0 radical (unpaired) electrons. The fourth-order valence-corrected chi connectivity index (χ4v) is 4.28. The third kappa shape index (κ3) is 4.08. The quantitative estimate of drug-likeness (QED) is 0.751. The van der Waals surface area contributed by atoms with Gasteiger partial charge in [0.2, 0.25) is 0 Å². The number of benzene rings is 2. The Hall–Kier alpha value is -3.53. The van der Waals surface area contributed by atoms with Crippen LogP contribution in [0.5, 0.6) is 5.75 Å². The van der Waals surface area contributed by atoms with Crippen molar-refractivity contribution in [2.45, 2.75) is 25.4 Å². The van der Waals surface area contributed by atoms with Gasteiger partial charge in [-0.25, -0.2) is 9.64 Å². The summed E-state index contributed by atoms with van der Waals surface area (Å²) in [4.78, 5) is 29.9. The van der Waals surface area contributed by atoms with Gasteiger partial charge in [-0.3, -0.25) is 4.79 Å². The van der Waals surface area contributed by atoms with Crippen LogP contribution < -0.4 is 15.4 Å². The standard InChI is InChI=1S/C23H24N4O3/c1-24-18-7-5-17(6-8-18)21(28)27-14-23(15-27)11-19(12-23)26-22(29)25-13-16-3-9-20(30-2)10-4-16/h3-10,19H,11-15H2,2H3,(H2,25,26,29). The normalized spacial score (nSPS) is 16.7. The molecule has 154 valence electrons. The van der Waals surface area contributed by atoms with Gasteiger partial charge in [-0.2, -0.15) is 0 Å². The molecule has 2 aromatic rings. The number of carbonyl (C=O) groups is 2. The second kappa shape index (κ2) is 8.07. The number of hydrogen-bond donors (Lipinski definition) is 2. The van der Waals surface area contributed by atoms with Crippen LogP contribution in [0.2, 0.25) is 0 Å². The van der Waals surface area contributed by atoms with Crippen LogP contribution in [0.3, 0.4) is 0 Å². The van der Waals surface area contributed by atoms with Gasteiger partial charge in [0, 0.05) is 36.7 Å². The van der Waals surface area contributed by atoms with Crippen molar-refractivity contribution >= 4 is 17.6 Å². The first-order valence-corrected chi connectivity index (χ1v) is 9.94. The van der Waals surface area contributed by atoms with Crippen molar-refractivity contribution < 1.29 is 14.3 Å². The summed E-state index contributed by atoms with van der Waals surface area (Å²) in [7, 11) is 1.62. The highest BCUT2D eigenvalue weighted by molar-refractivity contribution is 5.95. The van der Waals surface area contributed by atoms with Crippen LogP contribution in [0.15, 0.2) is 48.5 Å². The number of ether oxygens (including phenoxy) is 1. The molecule has 2 N–H and O–H groups in total. The molecule has 0 aromatic heterocycles. The molecule has 1 aliphatic heterocycles. The first-order chi connectivity index (χ1) is 14.5. The maximum absolute atomic E-state index is 12.5. The molecule has 0 bridgehead atoms. The lowest BCUT2D eigenvalue weighted by Crippen LogP contribution is -2.67. The van der Waals surface area contributed by atoms with Crippen molar-refractivity contribution in [2.75, 3.05) is 20.2 Å². The zero-order chi connectivity index (χ0) is 21.1. The number of nitrogens with one attached hydrogen (secondary N) is 2. The molecule has 1 spiro atoms. The topological polar surface area (TPSA) is 75.0 Å². The van der Waals surface area contributed by atoms with Crippen LogP contribution in [0.1, 0.15) is 28.8 Å². The minimum absolute atomic E-state index is 0.00537. The summed E-state index contributed by atoms with van der Waals surface area (Å²) in [5.41, 5.74) is 2.29. The summed E-state index contributed by atoms with van der Waals surface area (Å²) in [6.07, 6.45) is 1.78. The monoisotopic (exact) mass is 404 g/mol. The van der Waals surface area contributed by atoms with Gasteiger partial charge < -0.3 is 20.3 Å². The molecule has 30 heavy (non-hydrogen) atoms. The Bertz CT molecular complexity index is 965. The maximum Gasteiger partial charge on any atom is 0.315 e. The minimum Gasteiger partial charge on any atom is -0.497 e. The largest absolute Gasteiger partial charge is 0.497 e. The molecular weight excluding hydrogens is 380 g/mol. The lowest BCUT2D eigenvalue weighted by molar-refractivity contribution is -0.0585. The van der Waals surface area contributed by atoms with E-state index >= 15 is 0 Å². The van der Waals surface area contributed by atoms with Gasteiger partial charge in [0.1, 0.15) is 5.75 Å². The first kappa shape index (κ1) is 19.8. The van der Waals surface area contributed by atoms with Crippen LogP contribution in [0.4, 0.5) is 10.5 Å². The second-order valence-electron chi connectivity index (χ2n) is 8.10. The fraction of sp³-hybridized carbons (Fsp3) is 0.348. The molecular formula is C23H24N4O3. The zero-order valence-electron chi connectivity index (χ0n) is 16.9. The third-order valence-electron chi connectivity index (χ3n) is 5.89. The molecule has 1 saturated carbocycles. The van der Waals surface area contributed by atoms with E-state index in [9.17, 15) is 9.59 Å². The molecule has 2 aliphatic rings. The van der Waals surface area contributed by atoms with E-state index in [0.717, 1.165) is 37.2 Å². The zero-order valence-corrected chi connectivity index (χ0v) is 16.9. The highest BCUT2D eigenvalue weighted by atomic mass is 16.5. The number of carbonyl (C=O) groups excluding carboxylic acids is 2. The minimum atomic E-state index is -0.169. The predicted molar refractivity (Wildman–Crippen MR) is 112 cm³/mol. The lowest BCUT2D eigenvalue weighted by atomic mass is 9.60. The Morgan fingerprint density at radius 1 is 1.13 bits per heavy atom. The van der Waals surface area contributed by atoms with Crippen LogP contribution in [-0.2, 0) is 6.54 Å². The summed E-state index contributed by atoms with van der Waals surface area (Å²) >= 11 is 0. The molecule has 0 atom stereocenters. The van der Waals surface area contributed by atoms with E-state index in [-0.39, 0.29) is 23.4 Å². The molecule has 0 unspecified atom stereocenters. The van der Waals surface area contributed by atoms with E-state index in [2.05, 4.69) is 15.5 Å². The molecule has 1 heterocycles. The smallest absolute Gasteiger partial charge is 0.315 e. The summed E-state index contributed by atoms with van der Waals surface area (Å²) in [5.74, 6) is 0.794. The number of likely N-dealkylation sites (tertiary alicyclic amines) is 1. The fourth-order valence-electron chi connectivity index (χ4n) is 4.28. The predicted octanol–water partition coefficient (Wildman–Crippen LogP) is 3.35. The number of rotatable bonds is 5. The van der Waals surface area contributed by atoms with Crippen molar-refractivity contribution in [1.29, 1.82) is 0 Å². The van der Waals surface area contributed by atoms with Gasteiger partial charge >= 0.3 is 6.03 Å². The average molecular weight is 404 g/mol. The van der Waals surface area contributed by atoms with Gasteiger partial charge in [-0.15, -0.1) is 0 Å². The Labute approximate surface area is 175 Å². The van der Waals surface area contributed by atoms with Gasteiger partial charge in [0.25, 0.3) is 5.91 Å². The van der Waals surface area contributed by atoms with Gasteiger partial charge in [0.05, 0.1) is 13.7 Å². The van der Waals surface area contributed by atoms with Crippen molar-refractivity contribution in [2.24, 2.45) is 5.41 Å². The van der Waals surface area contributed by atoms with Crippen LogP contribution >= 0.6 is 0 Å². The maximum atomic E-state index is 12.5. The molecule has 2 fully saturated rings. The molecule has 7 nitrogen and oxygen atoms in total. The Kier molecular flexibility index (Phi) is 5.32. The summed E-state index contributed by atoms with van der Waals surface area (Å²) in [6.45, 7) is 8.89. The van der Waals surface area contributed by atoms with Gasteiger partial charge in [-0.1, -0.05) is 36.4 Å². The number of hydrogen-bond acceptors (Lipinski definition) is 3.